The van der Waals surface area contributed by atoms with Crippen molar-refractivity contribution < 1.29 is 9.50 Å². The number of nitrogens with zero attached hydrogens (tertiary/aromatic N) is 2. The van der Waals surface area contributed by atoms with Crippen molar-refractivity contribution in [2.75, 3.05) is 18.5 Å². The second-order valence-electron chi connectivity index (χ2n) is 4.86. The lowest BCUT2D eigenvalue weighted by Crippen LogP contribution is -2.05. The van der Waals surface area contributed by atoms with Crippen molar-refractivity contribution in [3.63, 3.8) is 0 Å². The molecule has 1 aromatic heterocycles. The molecule has 0 amide bonds. The van der Waals surface area contributed by atoms with E-state index in [2.05, 4.69) is 10.3 Å². The number of halogens is 1. The maximum atomic E-state index is 13.3. The Kier molecular flexibility index (Phi) is 3.58. The average Bonchev–Trinajstić information content (AvgIpc) is 2.82. The summed E-state index contributed by atoms with van der Waals surface area (Å²) >= 11 is 0. The standard InChI is InChI=1S/C16H16FN3O/c1-20-15-7-4-12(17)10-14(15)19-16(20)11-2-5-13(6-3-11)18-8-9-21/h2-7,10,18,21H,8-9H2,1H3. The number of nitrogens with one attached hydrogen (secondary N) is 1. The fraction of sp³-hybridized carbons (Fsp3) is 0.188. The summed E-state index contributed by atoms with van der Waals surface area (Å²) in [6.45, 7) is 0.614. The molecule has 0 spiro atoms. The van der Waals surface area contributed by atoms with Crippen LogP contribution in [0.25, 0.3) is 22.4 Å². The Balaban J connectivity index is 1.98. The van der Waals surface area contributed by atoms with E-state index in [9.17, 15) is 4.39 Å². The third-order valence-electron chi connectivity index (χ3n) is 3.43. The quantitative estimate of drug-likeness (QED) is 0.775. The number of imidazole rings is 1. The molecule has 2 N–H and O–H groups in total. The molecule has 3 aromatic rings. The highest BCUT2D eigenvalue weighted by molar-refractivity contribution is 5.80. The Labute approximate surface area is 121 Å². The number of anilines is 1. The van der Waals surface area contributed by atoms with Crippen LogP contribution in [-0.2, 0) is 7.05 Å². The molecule has 108 valence electrons. The summed E-state index contributed by atoms with van der Waals surface area (Å²) in [7, 11) is 1.92. The fourth-order valence-electron chi connectivity index (χ4n) is 2.37. The van der Waals surface area contributed by atoms with Crippen molar-refractivity contribution in [1.82, 2.24) is 9.55 Å². The lowest BCUT2D eigenvalue weighted by Gasteiger charge is -2.06. The Bertz CT molecular complexity index is 765. The van der Waals surface area contributed by atoms with Crippen LogP contribution >= 0.6 is 0 Å². The molecule has 0 aliphatic carbocycles. The zero-order valence-corrected chi connectivity index (χ0v) is 11.7. The van der Waals surface area contributed by atoms with Crippen LogP contribution in [0.15, 0.2) is 42.5 Å². The van der Waals surface area contributed by atoms with Gasteiger partial charge in [0.2, 0.25) is 0 Å². The Morgan fingerprint density at radius 2 is 1.95 bits per heavy atom. The Morgan fingerprint density at radius 3 is 2.67 bits per heavy atom. The molecular weight excluding hydrogens is 269 g/mol. The molecular formula is C16H16FN3O. The molecule has 0 saturated heterocycles. The van der Waals surface area contributed by atoms with Gasteiger partial charge in [0.1, 0.15) is 11.6 Å². The second kappa shape index (κ2) is 5.54. The number of aromatic nitrogens is 2. The van der Waals surface area contributed by atoms with E-state index in [1.54, 1.807) is 6.07 Å². The van der Waals surface area contributed by atoms with Crippen molar-refractivity contribution in [3.8, 4) is 11.4 Å². The van der Waals surface area contributed by atoms with Crippen LogP contribution in [0.3, 0.4) is 0 Å². The van der Waals surface area contributed by atoms with Crippen LogP contribution in [0.5, 0.6) is 0 Å². The minimum Gasteiger partial charge on any atom is -0.395 e. The van der Waals surface area contributed by atoms with Gasteiger partial charge in [-0.15, -0.1) is 0 Å². The number of fused-ring (bicyclic) bond motifs is 1. The first-order valence-electron chi connectivity index (χ1n) is 6.76. The highest BCUT2D eigenvalue weighted by atomic mass is 19.1. The van der Waals surface area contributed by atoms with Crippen LogP contribution in [-0.4, -0.2) is 27.8 Å². The van der Waals surface area contributed by atoms with Crippen LogP contribution in [0.4, 0.5) is 10.1 Å². The molecule has 0 saturated carbocycles. The van der Waals surface area contributed by atoms with Gasteiger partial charge in [0.25, 0.3) is 0 Å². The van der Waals surface area contributed by atoms with Gasteiger partial charge in [0, 0.05) is 30.9 Å². The number of benzene rings is 2. The molecule has 1 heterocycles. The predicted molar refractivity (Wildman–Crippen MR) is 81.7 cm³/mol. The number of aliphatic hydroxyl groups excluding tert-OH is 1. The van der Waals surface area contributed by atoms with Crippen molar-refractivity contribution in [1.29, 1.82) is 0 Å². The van der Waals surface area contributed by atoms with E-state index in [1.807, 2.05) is 35.9 Å². The Morgan fingerprint density at radius 1 is 1.19 bits per heavy atom. The van der Waals surface area contributed by atoms with Crippen LogP contribution in [0.1, 0.15) is 0 Å². The van der Waals surface area contributed by atoms with Crippen LogP contribution in [0, 0.1) is 5.82 Å². The second-order valence-corrected chi connectivity index (χ2v) is 4.86. The summed E-state index contributed by atoms with van der Waals surface area (Å²) in [5.74, 6) is 0.514. The van der Waals surface area contributed by atoms with Gasteiger partial charge in [-0.1, -0.05) is 0 Å². The number of rotatable bonds is 4. The van der Waals surface area contributed by atoms with Gasteiger partial charge in [-0.2, -0.15) is 0 Å². The van der Waals surface area contributed by atoms with Gasteiger partial charge in [-0.25, -0.2) is 9.37 Å². The molecule has 5 heteroatoms. The summed E-state index contributed by atoms with van der Waals surface area (Å²) < 4.78 is 15.2. The number of aryl methyl sites for hydroxylation is 1. The average molecular weight is 285 g/mol. The van der Waals surface area contributed by atoms with Crippen LogP contribution < -0.4 is 5.32 Å². The molecule has 0 atom stereocenters. The topological polar surface area (TPSA) is 50.1 Å². The summed E-state index contributed by atoms with van der Waals surface area (Å²) in [6, 6.07) is 12.4. The molecule has 4 nitrogen and oxygen atoms in total. The largest absolute Gasteiger partial charge is 0.395 e. The molecule has 0 radical (unpaired) electrons. The van der Waals surface area contributed by atoms with Gasteiger partial charge in [-0.05, 0) is 36.4 Å². The van der Waals surface area contributed by atoms with E-state index in [1.165, 1.54) is 12.1 Å². The minimum atomic E-state index is -0.282. The van der Waals surface area contributed by atoms with E-state index in [0.717, 1.165) is 22.6 Å². The van der Waals surface area contributed by atoms with E-state index in [-0.39, 0.29) is 12.4 Å². The molecule has 0 bridgehead atoms. The lowest BCUT2D eigenvalue weighted by atomic mass is 10.2. The van der Waals surface area contributed by atoms with Gasteiger partial charge in [-0.3, -0.25) is 0 Å². The zero-order valence-electron chi connectivity index (χ0n) is 11.7. The summed E-state index contributed by atoms with van der Waals surface area (Å²) in [5.41, 5.74) is 3.45. The Hall–Kier alpha value is -2.40. The van der Waals surface area contributed by atoms with Crippen molar-refractivity contribution in [2.24, 2.45) is 7.05 Å². The first kappa shape index (κ1) is 13.6. The molecule has 0 aliphatic rings. The smallest absolute Gasteiger partial charge is 0.140 e. The fourth-order valence-corrected chi connectivity index (χ4v) is 2.37. The molecule has 0 aliphatic heterocycles. The monoisotopic (exact) mass is 285 g/mol. The first-order valence-corrected chi connectivity index (χ1v) is 6.76. The van der Waals surface area contributed by atoms with E-state index >= 15 is 0 Å². The summed E-state index contributed by atoms with van der Waals surface area (Å²) in [5, 5.41) is 11.9. The van der Waals surface area contributed by atoms with Crippen LogP contribution in [0.2, 0.25) is 0 Å². The van der Waals surface area contributed by atoms with Gasteiger partial charge in [0.15, 0.2) is 0 Å². The van der Waals surface area contributed by atoms with E-state index in [4.69, 9.17) is 5.11 Å². The summed E-state index contributed by atoms with van der Waals surface area (Å²) in [6.07, 6.45) is 0. The highest BCUT2D eigenvalue weighted by Crippen LogP contribution is 2.25. The van der Waals surface area contributed by atoms with Gasteiger partial charge >= 0.3 is 0 Å². The normalized spacial score (nSPS) is 11.0. The molecule has 3 rings (SSSR count). The van der Waals surface area contributed by atoms with Crippen molar-refractivity contribution in [3.05, 3.63) is 48.3 Å². The van der Waals surface area contributed by atoms with Gasteiger partial charge in [0.05, 0.1) is 17.6 Å². The van der Waals surface area contributed by atoms with Crippen molar-refractivity contribution >= 4 is 16.7 Å². The molecule has 0 unspecified atom stereocenters. The number of aliphatic hydroxyl groups is 1. The molecule has 0 fully saturated rings. The molecule has 21 heavy (non-hydrogen) atoms. The van der Waals surface area contributed by atoms with Crippen molar-refractivity contribution in [2.45, 2.75) is 0 Å². The molecule has 2 aromatic carbocycles. The number of hydrogen-bond acceptors (Lipinski definition) is 3. The summed E-state index contributed by atoms with van der Waals surface area (Å²) in [4.78, 5) is 4.50. The van der Waals surface area contributed by atoms with Gasteiger partial charge < -0.3 is 15.0 Å². The van der Waals surface area contributed by atoms with E-state index < -0.39 is 0 Å². The number of hydrogen-bond donors (Lipinski definition) is 2. The first-order chi connectivity index (χ1) is 10.2. The highest BCUT2D eigenvalue weighted by Gasteiger charge is 2.10. The third-order valence-corrected chi connectivity index (χ3v) is 3.43. The zero-order chi connectivity index (χ0) is 14.8. The minimum absolute atomic E-state index is 0.0953. The van der Waals surface area contributed by atoms with E-state index in [0.29, 0.717) is 12.1 Å². The maximum absolute atomic E-state index is 13.3. The SMILES string of the molecule is Cn1c(-c2ccc(NCCO)cc2)nc2cc(F)ccc21. The maximum Gasteiger partial charge on any atom is 0.140 e. The third kappa shape index (κ3) is 2.60. The lowest BCUT2D eigenvalue weighted by molar-refractivity contribution is 0.311. The predicted octanol–water partition coefficient (Wildman–Crippen LogP) is 2.78.